The number of hydrogen-bond acceptors (Lipinski definition) is 5. The van der Waals surface area contributed by atoms with Crippen molar-refractivity contribution in [2.24, 2.45) is 5.41 Å². The van der Waals surface area contributed by atoms with E-state index >= 15 is 0 Å². The maximum absolute atomic E-state index is 13.2. The molecule has 29 heavy (non-hydrogen) atoms. The van der Waals surface area contributed by atoms with Gasteiger partial charge in [-0.3, -0.25) is 4.90 Å². The molecule has 0 saturated carbocycles. The van der Waals surface area contributed by atoms with Gasteiger partial charge in [-0.2, -0.15) is 0 Å². The second kappa shape index (κ2) is 9.41. The summed E-state index contributed by atoms with van der Waals surface area (Å²) >= 11 is 0. The standard InChI is InChI=1S/C22H30N2O5/c1-22(2,3)14-24(16-9-11-18(27-5)20(13-16)29-7)21(25)23-15-8-10-17(26-4)19(12-15)28-6/h8-13H,14H2,1-7H3,(H,23,25). The van der Waals surface area contributed by atoms with Crippen LogP contribution in [0.15, 0.2) is 36.4 Å². The summed E-state index contributed by atoms with van der Waals surface area (Å²) in [5.41, 5.74) is 1.19. The van der Waals surface area contributed by atoms with Crippen LogP contribution < -0.4 is 29.2 Å². The van der Waals surface area contributed by atoms with Gasteiger partial charge in [0.05, 0.1) is 28.4 Å². The van der Waals surface area contributed by atoms with Crippen molar-refractivity contribution in [1.29, 1.82) is 0 Å². The smallest absolute Gasteiger partial charge is 0.326 e. The largest absolute Gasteiger partial charge is 0.493 e. The van der Waals surface area contributed by atoms with E-state index in [9.17, 15) is 4.79 Å². The van der Waals surface area contributed by atoms with Crippen LogP contribution >= 0.6 is 0 Å². The monoisotopic (exact) mass is 402 g/mol. The van der Waals surface area contributed by atoms with Crippen molar-refractivity contribution in [2.75, 3.05) is 45.2 Å². The number of methoxy groups -OCH3 is 4. The first-order chi connectivity index (χ1) is 13.7. The normalized spacial score (nSPS) is 10.9. The minimum Gasteiger partial charge on any atom is -0.493 e. The lowest BCUT2D eigenvalue weighted by Gasteiger charge is -2.30. The second-order valence-corrected chi connectivity index (χ2v) is 7.69. The Morgan fingerprint density at radius 2 is 1.34 bits per heavy atom. The Bertz CT molecular complexity index is 846. The number of amides is 2. The van der Waals surface area contributed by atoms with Crippen LogP contribution in [-0.2, 0) is 0 Å². The van der Waals surface area contributed by atoms with E-state index in [2.05, 4.69) is 26.1 Å². The fourth-order valence-electron chi connectivity index (χ4n) is 2.85. The molecule has 2 rings (SSSR count). The number of rotatable bonds is 7. The van der Waals surface area contributed by atoms with E-state index in [1.54, 1.807) is 63.7 Å². The van der Waals surface area contributed by atoms with E-state index in [1.807, 2.05) is 6.07 Å². The summed E-state index contributed by atoms with van der Waals surface area (Å²) in [4.78, 5) is 14.8. The molecular formula is C22H30N2O5. The van der Waals surface area contributed by atoms with Gasteiger partial charge in [0.1, 0.15) is 0 Å². The molecule has 0 heterocycles. The minimum absolute atomic E-state index is 0.123. The van der Waals surface area contributed by atoms with Crippen LogP contribution in [0.25, 0.3) is 0 Å². The average Bonchev–Trinajstić information content (AvgIpc) is 2.70. The summed E-state index contributed by atoms with van der Waals surface area (Å²) in [7, 11) is 6.27. The number of anilines is 2. The van der Waals surface area contributed by atoms with Gasteiger partial charge in [0.2, 0.25) is 0 Å². The van der Waals surface area contributed by atoms with E-state index < -0.39 is 0 Å². The average molecular weight is 402 g/mol. The fourth-order valence-corrected chi connectivity index (χ4v) is 2.85. The fraction of sp³-hybridized carbons (Fsp3) is 0.409. The summed E-state index contributed by atoms with van der Waals surface area (Å²) in [6.45, 7) is 6.72. The molecule has 0 aliphatic heterocycles. The molecular weight excluding hydrogens is 372 g/mol. The number of nitrogens with zero attached hydrogens (tertiary/aromatic N) is 1. The topological polar surface area (TPSA) is 69.3 Å². The predicted molar refractivity (Wildman–Crippen MR) is 115 cm³/mol. The van der Waals surface area contributed by atoms with Crippen molar-refractivity contribution >= 4 is 17.4 Å². The Morgan fingerprint density at radius 3 is 1.86 bits per heavy atom. The molecule has 0 aromatic heterocycles. The van der Waals surface area contributed by atoms with Crippen molar-refractivity contribution in [2.45, 2.75) is 20.8 Å². The van der Waals surface area contributed by atoms with Crippen LogP contribution in [-0.4, -0.2) is 41.0 Å². The number of nitrogens with one attached hydrogen (secondary N) is 1. The first-order valence-electron chi connectivity index (χ1n) is 9.25. The summed E-state index contributed by atoms with van der Waals surface area (Å²) in [6, 6.07) is 10.4. The van der Waals surface area contributed by atoms with Gasteiger partial charge in [-0.1, -0.05) is 20.8 Å². The van der Waals surface area contributed by atoms with E-state index in [0.29, 0.717) is 40.9 Å². The van der Waals surface area contributed by atoms with E-state index in [1.165, 1.54) is 0 Å². The Hall–Kier alpha value is -3.09. The highest BCUT2D eigenvalue weighted by atomic mass is 16.5. The molecule has 2 aromatic carbocycles. The molecule has 158 valence electrons. The zero-order valence-corrected chi connectivity index (χ0v) is 18.2. The zero-order valence-electron chi connectivity index (χ0n) is 18.2. The Labute approximate surface area is 172 Å². The van der Waals surface area contributed by atoms with Gasteiger partial charge in [0, 0.05) is 30.1 Å². The molecule has 2 aromatic rings. The van der Waals surface area contributed by atoms with Crippen molar-refractivity contribution < 1.29 is 23.7 Å². The molecule has 1 N–H and O–H groups in total. The van der Waals surface area contributed by atoms with Crippen LogP contribution in [0.1, 0.15) is 20.8 Å². The summed E-state index contributed by atoms with van der Waals surface area (Å²) in [5, 5.41) is 2.93. The van der Waals surface area contributed by atoms with Crippen LogP contribution in [0, 0.1) is 5.41 Å². The van der Waals surface area contributed by atoms with E-state index in [-0.39, 0.29) is 11.4 Å². The lowest BCUT2D eigenvalue weighted by molar-refractivity contribution is 0.253. The molecule has 2 amide bonds. The van der Waals surface area contributed by atoms with E-state index in [0.717, 1.165) is 0 Å². The number of carbonyl (C=O) groups excluding carboxylic acids is 1. The van der Waals surface area contributed by atoms with Crippen LogP contribution in [0.5, 0.6) is 23.0 Å². The second-order valence-electron chi connectivity index (χ2n) is 7.69. The lowest BCUT2D eigenvalue weighted by Crippen LogP contribution is -2.40. The number of benzene rings is 2. The molecule has 0 fully saturated rings. The number of carbonyl (C=O) groups is 1. The lowest BCUT2D eigenvalue weighted by atomic mass is 9.96. The Balaban J connectivity index is 2.36. The van der Waals surface area contributed by atoms with Crippen LogP contribution in [0.2, 0.25) is 0 Å². The molecule has 0 unspecified atom stereocenters. The Morgan fingerprint density at radius 1 is 0.828 bits per heavy atom. The van der Waals surface area contributed by atoms with Crippen LogP contribution in [0.4, 0.5) is 16.2 Å². The van der Waals surface area contributed by atoms with Crippen molar-refractivity contribution in [3.8, 4) is 23.0 Å². The minimum atomic E-state index is -0.264. The third-order valence-electron chi connectivity index (χ3n) is 4.19. The number of ether oxygens (including phenoxy) is 4. The maximum atomic E-state index is 13.2. The van der Waals surface area contributed by atoms with Gasteiger partial charge < -0.3 is 24.3 Å². The van der Waals surface area contributed by atoms with Gasteiger partial charge in [0.15, 0.2) is 23.0 Å². The molecule has 0 bridgehead atoms. The summed E-state index contributed by atoms with van der Waals surface area (Å²) < 4.78 is 21.3. The van der Waals surface area contributed by atoms with Gasteiger partial charge in [-0.15, -0.1) is 0 Å². The molecule has 0 aliphatic rings. The SMILES string of the molecule is COc1ccc(NC(=O)N(CC(C)(C)C)c2ccc(OC)c(OC)c2)cc1OC. The number of hydrogen-bond donors (Lipinski definition) is 1. The molecule has 0 saturated heterocycles. The van der Waals surface area contributed by atoms with Gasteiger partial charge >= 0.3 is 6.03 Å². The third kappa shape index (κ3) is 5.70. The maximum Gasteiger partial charge on any atom is 0.326 e. The van der Waals surface area contributed by atoms with Gasteiger partial charge in [-0.25, -0.2) is 4.79 Å². The Kier molecular flexibility index (Phi) is 7.20. The molecule has 0 aliphatic carbocycles. The molecule has 0 radical (unpaired) electrons. The highest BCUT2D eigenvalue weighted by Gasteiger charge is 2.24. The first-order valence-corrected chi connectivity index (χ1v) is 9.25. The molecule has 0 spiro atoms. The number of urea groups is 1. The van der Waals surface area contributed by atoms with Crippen LogP contribution in [0.3, 0.4) is 0 Å². The third-order valence-corrected chi connectivity index (χ3v) is 4.19. The predicted octanol–water partition coefficient (Wildman–Crippen LogP) is 4.81. The van der Waals surface area contributed by atoms with Gasteiger partial charge in [-0.05, 0) is 29.7 Å². The van der Waals surface area contributed by atoms with E-state index in [4.69, 9.17) is 18.9 Å². The first kappa shape index (κ1) is 22.2. The molecule has 7 nitrogen and oxygen atoms in total. The highest BCUT2D eigenvalue weighted by Crippen LogP contribution is 2.34. The summed E-state index contributed by atoms with van der Waals surface area (Å²) in [6.07, 6.45) is 0. The molecule has 7 heteroatoms. The van der Waals surface area contributed by atoms with Crippen molar-refractivity contribution in [3.63, 3.8) is 0 Å². The van der Waals surface area contributed by atoms with Gasteiger partial charge in [0.25, 0.3) is 0 Å². The summed E-state index contributed by atoms with van der Waals surface area (Å²) in [5.74, 6) is 2.30. The quantitative estimate of drug-likeness (QED) is 0.720. The van der Waals surface area contributed by atoms with Crippen molar-refractivity contribution in [3.05, 3.63) is 36.4 Å². The zero-order chi connectivity index (χ0) is 21.6. The highest BCUT2D eigenvalue weighted by molar-refractivity contribution is 6.02. The van der Waals surface area contributed by atoms with Crippen molar-refractivity contribution in [1.82, 2.24) is 0 Å². The molecule has 0 atom stereocenters.